The van der Waals surface area contributed by atoms with Gasteiger partial charge in [0, 0.05) is 19.5 Å². The van der Waals surface area contributed by atoms with Gasteiger partial charge in [-0.25, -0.2) is 8.42 Å². The Morgan fingerprint density at radius 2 is 1.84 bits per heavy atom. The number of benzene rings is 1. The van der Waals surface area contributed by atoms with Crippen LogP contribution in [0.1, 0.15) is 12.8 Å². The van der Waals surface area contributed by atoms with Gasteiger partial charge in [-0.1, -0.05) is 12.1 Å². The molecule has 0 N–H and O–H groups in total. The molecule has 0 saturated heterocycles. The van der Waals surface area contributed by atoms with Gasteiger partial charge in [0.2, 0.25) is 10.0 Å². The normalized spacial score (nSPS) is 15.5. The molecule has 0 radical (unpaired) electrons. The van der Waals surface area contributed by atoms with Gasteiger partial charge in [-0.05, 0) is 25.0 Å². The third kappa shape index (κ3) is 3.15. The number of para-hydroxylation sites is 2. The molecule has 0 spiro atoms. The molecule has 106 valence electrons. The fraction of sp³-hybridized carbons (Fsp3) is 0.538. The van der Waals surface area contributed by atoms with E-state index >= 15 is 0 Å². The Kier molecular flexibility index (Phi) is 4.58. The summed E-state index contributed by atoms with van der Waals surface area (Å²) in [6.45, 7) is 1.22. The van der Waals surface area contributed by atoms with E-state index in [0.29, 0.717) is 25.4 Å². The molecule has 1 aliphatic heterocycles. The van der Waals surface area contributed by atoms with Crippen molar-refractivity contribution in [3.05, 3.63) is 24.3 Å². The van der Waals surface area contributed by atoms with Crippen LogP contribution in [0, 0.1) is 0 Å². The lowest BCUT2D eigenvalue weighted by molar-refractivity contribution is 0.586. The standard InChI is InChI=1S/C13H19ClN2O2S/c1-15-9-10-16(13-7-3-2-6-12(13)15)19(17,18)11-5-4-8-14/h2-3,6-7H,4-5,8-11H2,1H3. The number of unbranched alkanes of at least 4 members (excludes halogenated alkanes) is 1. The summed E-state index contributed by atoms with van der Waals surface area (Å²) in [5.41, 5.74) is 1.75. The number of nitrogens with zero attached hydrogens (tertiary/aromatic N) is 2. The lowest BCUT2D eigenvalue weighted by Crippen LogP contribution is -2.43. The molecule has 19 heavy (non-hydrogen) atoms. The van der Waals surface area contributed by atoms with Crippen molar-refractivity contribution in [3.8, 4) is 0 Å². The Bertz CT molecular complexity index is 533. The number of hydrogen-bond donors (Lipinski definition) is 0. The maximum absolute atomic E-state index is 12.4. The van der Waals surface area contributed by atoms with Crippen molar-refractivity contribution in [2.45, 2.75) is 12.8 Å². The molecular formula is C13H19ClN2O2S. The van der Waals surface area contributed by atoms with Gasteiger partial charge in [-0.2, -0.15) is 0 Å². The quantitative estimate of drug-likeness (QED) is 0.619. The smallest absolute Gasteiger partial charge is 0.235 e. The molecule has 1 heterocycles. The average Bonchev–Trinajstić information content (AvgIpc) is 2.39. The van der Waals surface area contributed by atoms with E-state index in [4.69, 9.17) is 11.6 Å². The number of fused-ring (bicyclic) bond motifs is 1. The zero-order chi connectivity index (χ0) is 13.9. The topological polar surface area (TPSA) is 40.6 Å². The highest BCUT2D eigenvalue weighted by Crippen LogP contribution is 2.33. The molecule has 6 heteroatoms. The molecule has 0 bridgehead atoms. The molecule has 0 atom stereocenters. The molecule has 0 fully saturated rings. The van der Waals surface area contributed by atoms with Crippen LogP contribution in [0.4, 0.5) is 11.4 Å². The lowest BCUT2D eigenvalue weighted by Gasteiger charge is -2.36. The van der Waals surface area contributed by atoms with Crippen LogP contribution in [0.3, 0.4) is 0 Å². The van der Waals surface area contributed by atoms with Gasteiger partial charge in [0.25, 0.3) is 0 Å². The zero-order valence-electron chi connectivity index (χ0n) is 11.0. The monoisotopic (exact) mass is 302 g/mol. The van der Waals surface area contributed by atoms with Crippen LogP contribution in [0.2, 0.25) is 0 Å². The highest BCUT2D eigenvalue weighted by molar-refractivity contribution is 7.92. The van der Waals surface area contributed by atoms with E-state index in [1.807, 2.05) is 31.3 Å². The maximum atomic E-state index is 12.4. The molecular weight excluding hydrogens is 284 g/mol. The first-order valence-corrected chi connectivity index (χ1v) is 8.57. The first-order chi connectivity index (χ1) is 9.06. The number of alkyl halides is 1. The molecule has 0 aromatic heterocycles. The summed E-state index contributed by atoms with van der Waals surface area (Å²) < 4.78 is 26.3. The Morgan fingerprint density at radius 3 is 2.53 bits per heavy atom. The second-order valence-electron chi connectivity index (χ2n) is 4.69. The van der Waals surface area contributed by atoms with E-state index in [2.05, 4.69) is 4.90 Å². The zero-order valence-corrected chi connectivity index (χ0v) is 12.6. The Morgan fingerprint density at radius 1 is 1.16 bits per heavy atom. The van der Waals surface area contributed by atoms with Crippen molar-refractivity contribution in [2.24, 2.45) is 0 Å². The van der Waals surface area contributed by atoms with Gasteiger partial charge in [0.1, 0.15) is 0 Å². The minimum atomic E-state index is -3.24. The summed E-state index contributed by atoms with van der Waals surface area (Å²) >= 11 is 5.60. The number of halogens is 1. The van der Waals surface area contributed by atoms with Gasteiger partial charge in [-0.3, -0.25) is 4.31 Å². The fourth-order valence-corrected chi connectivity index (χ4v) is 4.05. The Hall–Kier alpha value is -0.940. The van der Waals surface area contributed by atoms with Crippen molar-refractivity contribution in [1.29, 1.82) is 0 Å². The second kappa shape index (κ2) is 6.01. The van der Waals surface area contributed by atoms with Crippen LogP contribution in [0.15, 0.2) is 24.3 Å². The van der Waals surface area contributed by atoms with Crippen LogP contribution in [0.25, 0.3) is 0 Å². The van der Waals surface area contributed by atoms with E-state index in [9.17, 15) is 8.42 Å². The van der Waals surface area contributed by atoms with Crippen molar-refractivity contribution in [3.63, 3.8) is 0 Å². The molecule has 2 rings (SSSR count). The highest BCUT2D eigenvalue weighted by Gasteiger charge is 2.28. The summed E-state index contributed by atoms with van der Waals surface area (Å²) in [5, 5.41) is 0. The van der Waals surface area contributed by atoms with E-state index in [1.54, 1.807) is 0 Å². The summed E-state index contributed by atoms with van der Waals surface area (Å²) in [6.07, 6.45) is 1.34. The van der Waals surface area contributed by atoms with Gasteiger partial charge in [0.15, 0.2) is 0 Å². The molecule has 0 amide bonds. The number of likely N-dealkylation sites (N-methyl/N-ethyl adjacent to an activating group) is 1. The van der Waals surface area contributed by atoms with Gasteiger partial charge in [-0.15, -0.1) is 11.6 Å². The molecule has 0 saturated carbocycles. The third-order valence-electron chi connectivity index (χ3n) is 3.32. The first kappa shape index (κ1) is 14.5. The van der Waals surface area contributed by atoms with Gasteiger partial charge in [0.05, 0.1) is 23.7 Å². The predicted octanol–water partition coefficient (Wildman–Crippen LogP) is 2.29. The van der Waals surface area contributed by atoms with E-state index in [0.717, 1.165) is 17.8 Å². The fourth-order valence-electron chi connectivity index (χ4n) is 2.26. The molecule has 1 aromatic rings. The molecule has 1 aromatic carbocycles. The minimum absolute atomic E-state index is 0.164. The molecule has 4 nitrogen and oxygen atoms in total. The van der Waals surface area contributed by atoms with Crippen LogP contribution < -0.4 is 9.21 Å². The number of sulfonamides is 1. The number of hydrogen-bond acceptors (Lipinski definition) is 3. The summed E-state index contributed by atoms with van der Waals surface area (Å²) in [5.74, 6) is 0.673. The maximum Gasteiger partial charge on any atom is 0.235 e. The van der Waals surface area contributed by atoms with E-state index in [1.165, 1.54) is 4.31 Å². The van der Waals surface area contributed by atoms with Crippen molar-refractivity contribution >= 4 is 33.0 Å². The van der Waals surface area contributed by atoms with E-state index in [-0.39, 0.29) is 5.75 Å². The third-order valence-corrected chi connectivity index (χ3v) is 5.44. The average molecular weight is 303 g/mol. The van der Waals surface area contributed by atoms with Crippen molar-refractivity contribution in [1.82, 2.24) is 0 Å². The number of anilines is 2. The van der Waals surface area contributed by atoms with Gasteiger partial charge < -0.3 is 4.90 Å². The minimum Gasteiger partial charge on any atom is -0.371 e. The SMILES string of the molecule is CN1CCN(S(=O)(=O)CCCCCl)c2ccccc21. The predicted molar refractivity (Wildman–Crippen MR) is 80.8 cm³/mol. The lowest BCUT2D eigenvalue weighted by atomic mass is 10.2. The first-order valence-electron chi connectivity index (χ1n) is 6.43. The van der Waals surface area contributed by atoms with Crippen LogP contribution in [-0.2, 0) is 10.0 Å². The summed E-state index contributed by atoms with van der Waals surface area (Å²) in [4.78, 5) is 2.08. The number of rotatable bonds is 5. The van der Waals surface area contributed by atoms with Crippen LogP contribution in [0.5, 0.6) is 0 Å². The summed E-state index contributed by atoms with van der Waals surface area (Å²) in [6, 6.07) is 7.62. The van der Waals surface area contributed by atoms with Gasteiger partial charge >= 0.3 is 0 Å². The molecule has 1 aliphatic rings. The highest BCUT2D eigenvalue weighted by atomic mass is 35.5. The Balaban J connectivity index is 2.24. The van der Waals surface area contributed by atoms with E-state index < -0.39 is 10.0 Å². The van der Waals surface area contributed by atoms with Crippen molar-refractivity contribution < 1.29 is 8.42 Å². The second-order valence-corrected chi connectivity index (χ2v) is 7.09. The van der Waals surface area contributed by atoms with Crippen molar-refractivity contribution in [2.75, 3.05) is 41.0 Å². The summed E-state index contributed by atoms with van der Waals surface area (Å²) in [7, 11) is -1.26. The van der Waals surface area contributed by atoms with Crippen LogP contribution >= 0.6 is 11.6 Å². The molecule has 0 unspecified atom stereocenters. The molecule has 0 aliphatic carbocycles. The Labute approximate surface area is 120 Å². The van der Waals surface area contributed by atoms with Crippen LogP contribution in [-0.4, -0.2) is 40.2 Å². The largest absolute Gasteiger partial charge is 0.371 e.